The van der Waals surface area contributed by atoms with Gasteiger partial charge in [0.2, 0.25) is 0 Å². The van der Waals surface area contributed by atoms with E-state index in [-0.39, 0.29) is 6.03 Å². The molecule has 0 fully saturated rings. The van der Waals surface area contributed by atoms with Gasteiger partial charge in [-0.1, -0.05) is 41.9 Å². The van der Waals surface area contributed by atoms with Crippen molar-refractivity contribution >= 4 is 23.3 Å². The Labute approximate surface area is 128 Å². The molecule has 2 rings (SSSR count). The molecule has 0 saturated heterocycles. The lowest BCUT2D eigenvalue weighted by molar-refractivity contribution is 0.252. The fourth-order valence-corrected chi connectivity index (χ4v) is 2.10. The van der Waals surface area contributed by atoms with Gasteiger partial charge in [-0.05, 0) is 30.2 Å². The summed E-state index contributed by atoms with van der Waals surface area (Å²) in [6.07, 6.45) is 0.646. The third kappa shape index (κ3) is 4.23. The molecule has 2 N–H and O–H groups in total. The van der Waals surface area contributed by atoms with E-state index in [4.69, 9.17) is 16.9 Å². The zero-order valence-electron chi connectivity index (χ0n) is 11.3. The molecule has 0 unspecified atom stereocenters. The molecule has 5 heteroatoms. The molecule has 0 atom stereocenters. The van der Waals surface area contributed by atoms with Crippen LogP contribution < -0.4 is 10.6 Å². The standard InChI is InChI=1S/C16H14ClN3O/c17-14-7-3-1-5-12(14)9-10-19-16(21)20-15-8-4-2-6-13(15)11-18/h1-8H,9-10H2,(H2,19,20,21). The number of halogens is 1. The summed E-state index contributed by atoms with van der Waals surface area (Å²) in [4.78, 5) is 11.8. The molecule has 2 aromatic rings. The van der Waals surface area contributed by atoms with E-state index in [1.165, 1.54) is 0 Å². The second-order valence-corrected chi connectivity index (χ2v) is 4.79. The first-order chi connectivity index (χ1) is 10.2. The van der Waals surface area contributed by atoms with Crippen molar-refractivity contribution < 1.29 is 4.79 Å². The van der Waals surface area contributed by atoms with Gasteiger partial charge in [-0.25, -0.2) is 4.79 Å². The zero-order chi connectivity index (χ0) is 15.1. The van der Waals surface area contributed by atoms with E-state index in [1.807, 2.05) is 30.3 Å². The molecule has 0 bridgehead atoms. The number of carbonyl (C=O) groups is 1. The number of nitrogens with one attached hydrogen (secondary N) is 2. The lowest BCUT2D eigenvalue weighted by atomic mass is 10.1. The van der Waals surface area contributed by atoms with Crippen molar-refractivity contribution in [2.75, 3.05) is 11.9 Å². The maximum atomic E-state index is 11.8. The molecular formula is C16H14ClN3O. The number of nitriles is 1. The Morgan fingerprint density at radius 1 is 1.14 bits per heavy atom. The highest BCUT2D eigenvalue weighted by molar-refractivity contribution is 6.31. The Hall–Kier alpha value is -2.51. The number of benzene rings is 2. The lowest BCUT2D eigenvalue weighted by Crippen LogP contribution is -2.30. The third-order valence-electron chi connectivity index (χ3n) is 2.93. The van der Waals surface area contributed by atoms with Gasteiger partial charge in [0.1, 0.15) is 6.07 Å². The minimum absolute atomic E-state index is 0.343. The van der Waals surface area contributed by atoms with Gasteiger partial charge in [-0.3, -0.25) is 0 Å². The van der Waals surface area contributed by atoms with Crippen LogP contribution in [0, 0.1) is 11.3 Å². The maximum Gasteiger partial charge on any atom is 0.319 e. The molecule has 2 amide bonds. The lowest BCUT2D eigenvalue weighted by Gasteiger charge is -2.09. The van der Waals surface area contributed by atoms with Gasteiger partial charge >= 0.3 is 6.03 Å². The van der Waals surface area contributed by atoms with E-state index in [0.717, 1.165) is 5.56 Å². The van der Waals surface area contributed by atoms with Crippen molar-refractivity contribution in [1.29, 1.82) is 5.26 Å². The first-order valence-electron chi connectivity index (χ1n) is 6.48. The number of para-hydroxylation sites is 1. The molecular weight excluding hydrogens is 286 g/mol. The highest BCUT2D eigenvalue weighted by atomic mass is 35.5. The molecule has 0 aliphatic carbocycles. The van der Waals surface area contributed by atoms with Crippen LogP contribution in [0.15, 0.2) is 48.5 Å². The minimum atomic E-state index is -0.343. The van der Waals surface area contributed by atoms with E-state index >= 15 is 0 Å². The molecule has 106 valence electrons. The fourth-order valence-electron chi connectivity index (χ4n) is 1.87. The van der Waals surface area contributed by atoms with Crippen LogP contribution in [0.1, 0.15) is 11.1 Å². The van der Waals surface area contributed by atoms with Crippen LogP contribution in [-0.4, -0.2) is 12.6 Å². The fraction of sp³-hybridized carbons (Fsp3) is 0.125. The Balaban J connectivity index is 1.86. The molecule has 2 aromatic carbocycles. The van der Waals surface area contributed by atoms with E-state index in [1.54, 1.807) is 24.3 Å². The quantitative estimate of drug-likeness (QED) is 0.906. The van der Waals surface area contributed by atoms with E-state index < -0.39 is 0 Å². The molecule has 0 aliphatic heterocycles. The van der Waals surface area contributed by atoms with Gasteiger partial charge in [0.25, 0.3) is 0 Å². The Bertz CT molecular complexity index is 679. The van der Waals surface area contributed by atoms with Crippen LogP contribution in [0.4, 0.5) is 10.5 Å². The normalized spacial score (nSPS) is 9.71. The smallest absolute Gasteiger partial charge is 0.319 e. The minimum Gasteiger partial charge on any atom is -0.338 e. The first-order valence-corrected chi connectivity index (χ1v) is 6.86. The molecule has 0 aliphatic rings. The number of rotatable bonds is 4. The highest BCUT2D eigenvalue weighted by Gasteiger charge is 2.06. The predicted molar refractivity (Wildman–Crippen MR) is 83.3 cm³/mol. The van der Waals surface area contributed by atoms with Crippen LogP contribution in [-0.2, 0) is 6.42 Å². The van der Waals surface area contributed by atoms with Crippen molar-refractivity contribution in [2.24, 2.45) is 0 Å². The second-order valence-electron chi connectivity index (χ2n) is 4.38. The molecule has 0 saturated carbocycles. The molecule has 0 aromatic heterocycles. The average Bonchev–Trinajstić information content (AvgIpc) is 2.50. The Morgan fingerprint density at radius 3 is 2.62 bits per heavy atom. The number of urea groups is 1. The van der Waals surface area contributed by atoms with Crippen molar-refractivity contribution in [3.05, 3.63) is 64.7 Å². The summed E-state index contributed by atoms with van der Waals surface area (Å²) in [6.45, 7) is 0.463. The number of hydrogen-bond donors (Lipinski definition) is 2. The third-order valence-corrected chi connectivity index (χ3v) is 3.30. The number of carbonyl (C=O) groups excluding carboxylic acids is 1. The number of hydrogen-bond acceptors (Lipinski definition) is 2. The van der Waals surface area contributed by atoms with Gasteiger partial charge < -0.3 is 10.6 Å². The van der Waals surface area contributed by atoms with Gasteiger partial charge in [-0.2, -0.15) is 5.26 Å². The summed E-state index contributed by atoms with van der Waals surface area (Å²) in [5, 5.41) is 15.0. The van der Waals surface area contributed by atoms with Crippen LogP contribution in [0.2, 0.25) is 5.02 Å². The van der Waals surface area contributed by atoms with Crippen molar-refractivity contribution in [2.45, 2.75) is 6.42 Å². The predicted octanol–water partition coefficient (Wildman–Crippen LogP) is 3.58. The molecule has 0 heterocycles. The Morgan fingerprint density at radius 2 is 1.86 bits per heavy atom. The topological polar surface area (TPSA) is 64.9 Å². The summed E-state index contributed by atoms with van der Waals surface area (Å²) in [7, 11) is 0. The van der Waals surface area contributed by atoms with E-state index in [2.05, 4.69) is 10.6 Å². The van der Waals surface area contributed by atoms with Crippen molar-refractivity contribution in [3.8, 4) is 6.07 Å². The maximum absolute atomic E-state index is 11.8. The first kappa shape index (κ1) is 14.9. The van der Waals surface area contributed by atoms with Crippen LogP contribution in [0.3, 0.4) is 0 Å². The number of amides is 2. The van der Waals surface area contributed by atoms with Gasteiger partial charge in [0.15, 0.2) is 0 Å². The summed E-state index contributed by atoms with van der Waals surface area (Å²) in [5.74, 6) is 0. The summed E-state index contributed by atoms with van der Waals surface area (Å²) < 4.78 is 0. The van der Waals surface area contributed by atoms with Crippen molar-refractivity contribution in [3.63, 3.8) is 0 Å². The van der Waals surface area contributed by atoms with Gasteiger partial charge in [0, 0.05) is 11.6 Å². The molecule has 0 radical (unpaired) electrons. The highest BCUT2D eigenvalue weighted by Crippen LogP contribution is 2.15. The monoisotopic (exact) mass is 299 g/mol. The van der Waals surface area contributed by atoms with Crippen LogP contribution >= 0.6 is 11.6 Å². The SMILES string of the molecule is N#Cc1ccccc1NC(=O)NCCc1ccccc1Cl. The largest absolute Gasteiger partial charge is 0.338 e. The summed E-state index contributed by atoms with van der Waals surface area (Å²) >= 11 is 6.04. The van der Waals surface area contributed by atoms with Crippen molar-refractivity contribution in [1.82, 2.24) is 5.32 Å². The molecule has 21 heavy (non-hydrogen) atoms. The Kier molecular flexibility index (Phi) is 5.19. The zero-order valence-corrected chi connectivity index (χ0v) is 12.0. The van der Waals surface area contributed by atoms with Gasteiger partial charge in [-0.15, -0.1) is 0 Å². The van der Waals surface area contributed by atoms with Crippen LogP contribution in [0.5, 0.6) is 0 Å². The molecule has 4 nitrogen and oxygen atoms in total. The van der Waals surface area contributed by atoms with Gasteiger partial charge in [0.05, 0.1) is 11.3 Å². The summed E-state index contributed by atoms with van der Waals surface area (Å²) in [5.41, 5.74) is 1.91. The van der Waals surface area contributed by atoms with Crippen LogP contribution in [0.25, 0.3) is 0 Å². The van der Waals surface area contributed by atoms with E-state index in [9.17, 15) is 4.79 Å². The molecule has 0 spiro atoms. The number of anilines is 1. The van der Waals surface area contributed by atoms with E-state index in [0.29, 0.717) is 29.2 Å². The number of nitrogens with zero attached hydrogens (tertiary/aromatic N) is 1. The second kappa shape index (κ2) is 7.32. The summed E-state index contributed by atoms with van der Waals surface area (Å²) in [6, 6.07) is 16.1. The average molecular weight is 300 g/mol.